The highest BCUT2D eigenvalue weighted by molar-refractivity contribution is 7.92. The summed E-state index contributed by atoms with van der Waals surface area (Å²) in [7, 11) is -4.13. The number of nitrogens with one attached hydrogen (secondary N) is 1. The zero-order valence-electron chi connectivity index (χ0n) is 23.7. The van der Waals surface area contributed by atoms with Gasteiger partial charge >= 0.3 is 0 Å². The summed E-state index contributed by atoms with van der Waals surface area (Å²) >= 11 is 6.17. The summed E-state index contributed by atoms with van der Waals surface area (Å²) in [6, 6.07) is 19.7. The summed E-state index contributed by atoms with van der Waals surface area (Å²) in [6.45, 7) is 9.12. The first-order chi connectivity index (χ1) is 19.0. The lowest BCUT2D eigenvalue weighted by atomic mass is 10.1. The molecule has 2 atom stereocenters. The van der Waals surface area contributed by atoms with E-state index in [2.05, 4.69) is 5.32 Å². The molecule has 0 fully saturated rings. The number of rotatable bonds is 12. The number of aryl methyl sites for hydroxylation is 2. The van der Waals surface area contributed by atoms with Gasteiger partial charge in [0.2, 0.25) is 11.8 Å². The van der Waals surface area contributed by atoms with Gasteiger partial charge in [-0.3, -0.25) is 13.9 Å². The minimum Gasteiger partial charge on any atom is -0.352 e. The molecular formula is C31H38ClN3O4S. The lowest BCUT2D eigenvalue weighted by Gasteiger charge is -2.34. The summed E-state index contributed by atoms with van der Waals surface area (Å²) in [4.78, 5) is 29.0. The van der Waals surface area contributed by atoms with Crippen molar-refractivity contribution < 1.29 is 18.0 Å². The molecule has 0 aliphatic carbocycles. The van der Waals surface area contributed by atoms with Crippen LogP contribution >= 0.6 is 11.6 Å². The summed E-state index contributed by atoms with van der Waals surface area (Å²) in [6.07, 6.45) is 1.11. The number of nitrogens with zero attached hydrogens (tertiary/aromatic N) is 2. The Morgan fingerprint density at radius 3 is 2.15 bits per heavy atom. The third-order valence-corrected chi connectivity index (χ3v) is 8.91. The molecule has 3 aromatic rings. The molecule has 0 bridgehead atoms. The van der Waals surface area contributed by atoms with Crippen molar-refractivity contribution in [1.29, 1.82) is 0 Å². The molecule has 3 rings (SSSR count). The first kappa shape index (κ1) is 31.2. The quantitative estimate of drug-likeness (QED) is 0.289. The Balaban J connectivity index is 2.07. The van der Waals surface area contributed by atoms with Gasteiger partial charge in [0.05, 0.1) is 10.6 Å². The first-order valence-corrected chi connectivity index (χ1v) is 15.3. The Morgan fingerprint density at radius 1 is 0.925 bits per heavy atom. The number of benzene rings is 3. The molecule has 9 heteroatoms. The van der Waals surface area contributed by atoms with Crippen LogP contribution in [0.2, 0.25) is 5.02 Å². The Bertz CT molecular complexity index is 1410. The van der Waals surface area contributed by atoms with E-state index in [1.165, 1.54) is 17.0 Å². The van der Waals surface area contributed by atoms with E-state index in [0.29, 0.717) is 22.7 Å². The van der Waals surface area contributed by atoms with Crippen molar-refractivity contribution in [1.82, 2.24) is 10.2 Å². The van der Waals surface area contributed by atoms with E-state index in [-0.39, 0.29) is 23.4 Å². The average Bonchev–Trinajstić information content (AvgIpc) is 2.93. The van der Waals surface area contributed by atoms with Crippen LogP contribution in [0.3, 0.4) is 0 Å². The molecule has 2 amide bonds. The van der Waals surface area contributed by atoms with Crippen LogP contribution in [0, 0.1) is 13.8 Å². The number of amides is 2. The van der Waals surface area contributed by atoms with Gasteiger partial charge in [0, 0.05) is 17.6 Å². The van der Waals surface area contributed by atoms with E-state index in [9.17, 15) is 18.0 Å². The van der Waals surface area contributed by atoms with Gasteiger partial charge in [-0.25, -0.2) is 8.42 Å². The lowest BCUT2D eigenvalue weighted by Crippen LogP contribution is -2.53. The van der Waals surface area contributed by atoms with Crippen LogP contribution in [-0.2, 0) is 26.2 Å². The second-order valence-electron chi connectivity index (χ2n) is 10.0. The third kappa shape index (κ3) is 7.64. The first-order valence-electron chi connectivity index (χ1n) is 13.5. The number of hydrogen-bond donors (Lipinski definition) is 1. The highest BCUT2D eigenvalue weighted by Gasteiger charge is 2.34. The van der Waals surface area contributed by atoms with E-state index >= 15 is 0 Å². The van der Waals surface area contributed by atoms with Crippen LogP contribution in [0.4, 0.5) is 5.69 Å². The standard InChI is InChI=1S/C31H38ClN3O4S/c1-6-24(5)33-31(37)28(7-2)34(20-25-15-13-22(3)14-16-25)30(36)21-35(29-18-17-26(32)19-23(29)4)40(38,39)27-11-9-8-10-12-27/h8-19,24,28H,6-7,20-21H2,1-5H3,(H,33,37)/t24-,28-/m0/s1. The molecule has 0 saturated carbocycles. The second kappa shape index (κ2) is 13.8. The van der Waals surface area contributed by atoms with Crippen LogP contribution in [0.5, 0.6) is 0 Å². The summed E-state index contributed by atoms with van der Waals surface area (Å²) in [5.41, 5.74) is 2.86. The van der Waals surface area contributed by atoms with Gasteiger partial charge in [0.25, 0.3) is 10.0 Å². The highest BCUT2D eigenvalue weighted by Crippen LogP contribution is 2.29. The van der Waals surface area contributed by atoms with Crippen molar-refractivity contribution >= 4 is 39.1 Å². The average molecular weight is 584 g/mol. The maximum absolute atomic E-state index is 14.1. The summed E-state index contributed by atoms with van der Waals surface area (Å²) in [5, 5.41) is 3.44. The summed E-state index contributed by atoms with van der Waals surface area (Å²) < 4.78 is 29.0. The van der Waals surface area contributed by atoms with Gasteiger partial charge < -0.3 is 10.2 Å². The Morgan fingerprint density at radius 2 is 1.57 bits per heavy atom. The fourth-order valence-corrected chi connectivity index (χ4v) is 6.11. The van der Waals surface area contributed by atoms with Crippen molar-refractivity contribution in [3.05, 3.63) is 94.5 Å². The van der Waals surface area contributed by atoms with Crippen LogP contribution in [0.1, 0.15) is 50.3 Å². The van der Waals surface area contributed by atoms with Crippen molar-refractivity contribution in [2.75, 3.05) is 10.8 Å². The highest BCUT2D eigenvalue weighted by atomic mass is 35.5. The molecule has 214 valence electrons. The molecule has 0 aromatic heterocycles. The van der Waals surface area contributed by atoms with E-state index in [1.807, 2.05) is 52.0 Å². The molecule has 7 nitrogen and oxygen atoms in total. The van der Waals surface area contributed by atoms with Crippen molar-refractivity contribution in [3.8, 4) is 0 Å². The van der Waals surface area contributed by atoms with Crippen LogP contribution in [0.15, 0.2) is 77.7 Å². The Labute approximate surface area is 243 Å². The van der Waals surface area contributed by atoms with Crippen LogP contribution in [0.25, 0.3) is 0 Å². The minimum absolute atomic E-state index is 0.0591. The largest absolute Gasteiger partial charge is 0.352 e. The Hall–Kier alpha value is -3.36. The third-order valence-electron chi connectivity index (χ3n) is 6.90. The van der Waals surface area contributed by atoms with Gasteiger partial charge in [0.15, 0.2) is 0 Å². The van der Waals surface area contributed by atoms with Gasteiger partial charge in [-0.05, 0) is 75.1 Å². The number of sulfonamides is 1. The fourth-order valence-electron chi connectivity index (χ4n) is 4.38. The SMILES string of the molecule is CC[C@H](C)NC(=O)[C@H](CC)N(Cc1ccc(C)cc1)C(=O)CN(c1ccc(Cl)cc1C)S(=O)(=O)c1ccccc1. The second-order valence-corrected chi connectivity index (χ2v) is 12.3. The van der Waals surface area contributed by atoms with E-state index in [0.717, 1.165) is 21.9 Å². The topological polar surface area (TPSA) is 86.8 Å². The number of anilines is 1. The zero-order valence-corrected chi connectivity index (χ0v) is 25.3. The van der Waals surface area contributed by atoms with Crippen molar-refractivity contribution in [3.63, 3.8) is 0 Å². The predicted octanol–water partition coefficient (Wildman–Crippen LogP) is 5.87. The number of carbonyl (C=O) groups is 2. The molecular weight excluding hydrogens is 546 g/mol. The molecule has 0 aliphatic rings. The zero-order chi connectivity index (χ0) is 29.4. The lowest BCUT2D eigenvalue weighted by molar-refractivity contribution is -0.140. The molecule has 0 aliphatic heterocycles. The van der Waals surface area contributed by atoms with Crippen molar-refractivity contribution in [2.24, 2.45) is 0 Å². The smallest absolute Gasteiger partial charge is 0.264 e. The number of halogens is 1. The fraction of sp³-hybridized carbons (Fsp3) is 0.355. The molecule has 1 N–H and O–H groups in total. The monoisotopic (exact) mass is 583 g/mol. The van der Waals surface area contributed by atoms with Gasteiger partial charge in [-0.2, -0.15) is 0 Å². The van der Waals surface area contributed by atoms with E-state index in [4.69, 9.17) is 11.6 Å². The molecule has 0 saturated heterocycles. The predicted molar refractivity (Wildman–Crippen MR) is 161 cm³/mol. The van der Waals surface area contributed by atoms with Gasteiger partial charge in [0.1, 0.15) is 12.6 Å². The maximum atomic E-state index is 14.1. The molecule has 0 unspecified atom stereocenters. The maximum Gasteiger partial charge on any atom is 0.264 e. The summed E-state index contributed by atoms with van der Waals surface area (Å²) in [5.74, 6) is -0.752. The van der Waals surface area contributed by atoms with E-state index in [1.54, 1.807) is 43.3 Å². The van der Waals surface area contributed by atoms with Crippen LogP contribution < -0.4 is 9.62 Å². The molecule has 0 heterocycles. The number of hydrogen-bond acceptors (Lipinski definition) is 4. The molecule has 3 aromatic carbocycles. The molecule has 0 spiro atoms. The minimum atomic E-state index is -4.13. The molecule has 0 radical (unpaired) electrons. The van der Waals surface area contributed by atoms with Crippen LogP contribution in [-0.4, -0.2) is 43.8 Å². The Kier molecular flexibility index (Phi) is 10.8. The molecule has 40 heavy (non-hydrogen) atoms. The van der Waals surface area contributed by atoms with Gasteiger partial charge in [-0.1, -0.05) is 73.5 Å². The van der Waals surface area contributed by atoms with E-state index < -0.39 is 28.5 Å². The number of carbonyl (C=O) groups excluding carboxylic acids is 2. The van der Waals surface area contributed by atoms with Crippen molar-refractivity contribution in [2.45, 2.75) is 71.0 Å². The normalized spacial score (nSPS) is 12.8. The van der Waals surface area contributed by atoms with Gasteiger partial charge in [-0.15, -0.1) is 0 Å².